The molecule has 1 saturated heterocycles. The zero-order chi connectivity index (χ0) is 14.8. The summed E-state index contributed by atoms with van der Waals surface area (Å²) in [7, 11) is 0. The molecule has 0 saturated carbocycles. The van der Waals surface area contributed by atoms with E-state index in [1.807, 2.05) is 11.0 Å². The van der Waals surface area contributed by atoms with E-state index in [9.17, 15) is 4.79 Å². The number of rotatable bonds is 2. The third kappa shape index (κ3) is 3.29. The van der Waals surface area contributed by atoms with Crippen molar-refractivity contribution in [3.05, 3.63) is 29.8 Å². The van der Waals surface area contributed by atoms with Crippen LogP contribution in [0.15, 0.2) is 24.3 Å². The minimum atomic E-state index is 0.267. The molecule has 0 bridgehead atoms. The second-order valence-corrected chi connectivity index (χ2v) is 6.92. The van der Waals surface area contributed by atoms with Gasteiger partial charge >= 0.3 is 0 Å². The number of aryl methyl sites for hydroxylation is 1. The molecular weight excluding hydrogens is 260 g/mol. The summed E-state index contributed by atoms with van der Waals surface area (Å²) in [5, 5.41) is 0. The van der Waals surface area contributed by atoms with Crippen LogP contribution in [0.1, 0.15) is 32.3 Å². The number of para-hydroxylation sites is 1. The van der Waals surface area contributed by atoms with Gasteiger partial charge in [-0.05, 0) is 42.7 Å². The lowest BCUT2D eigenvalue weighted by Crippen LogP contribution is -2.47. The number of carbonyl (C=O) groups excluding carboxylic acids is 1. The van der Waals surface area contributed by atoms with Crippen molar-refractivity contribution in [3.8, 4) is 0 Å². The fraction of sp³-hybridized carbons (Fsp3) is 0.611. The molecule has 1 fully saturated rings. The maximum Gasteiger partial charge on any atom is 0.241 e. The third-order valence-electron chi connectivity index (χ3n) is 4.71. The van der Waals surface area contributed by atoms with Gasteiger partial charge < -0.3 is 4.90 Å². The van der Waals surface area contributed by atoms with Gasteiger partial charge in [0.15, 0.2) is 0 Å². The van der Waals surface area contributed by atoms with Crippen molar-refractivity contribution in [1.29, 1.82) is 0 Å². The molecule has 0 N–H and O–H groups in total. The van der Waals surface area contributed by atoms with Gasteiger partial charge in [-0.25, -0.2) is 0 Å². The predicted molar refractivity (Wildman–Crippen MR) is 86.5 cm³/mol. The van der Waals surface area contributed by atoms with E-state index in [0.717, 1.165) is 38.2 Å². The molecule has 2 unspecified atom stereocenters. The maximum absolute atomic E-state index is 12.7. The Morgan fingerprint density at radius 1 is 1.19 bits per heavy atom. The molecule has 0 aromatic heterocycles. The summed E-state index contributed by atoms with van der Waals surface area (Å²) in [6, 6.07) is 8.35. The summed E-state index contributed by atoms with van der Waals surface area (Å²) in [6.07, 6.45) is 3.46. The van der Waals surface area contributed by atoms with Crippen molar-refractivity contribution in [2.45, 2.75) is 33.1 Å². The van der Waals surface area contributed by atoms with Gasteiger partial charge in [0, 0.05) is 25.3 Å². The molecule has 3 nitrogen and oxygen atoms in total. The molecule has 1 amide bonds. The van der Waals surface area contributed by atoms with Crippen LogP contribution in [0.3, 0.4) is 0 Å². The lowest BCUT2D eigenvalue weighted by atomic mass is 9.92. The first-order valence-electron chi connectivity index (χ1n) is 8.24. The van der Waals surface area contributed by atoms with Crippen molar-refractivity contribution >= 4 is 11.6 Å². The average molecular weight is 286 g/mol. The van der Waals surface area contributed by atoms with Gasteiger partial charge in [0.25, 0.3) is 0 Å². The molecule has 1 aromatic carbocycles. The van der Waals surface area contributed by atoms with Crippen molar-refractivity contribution in [3.63, 3.8) is 0 Å². The Labute approximate surface area is 127 Å². The normalized spacial score (nSPS) is 26.5. The number of benzene rings is 1. The molecule has 21 heavy (non-hydrogen) atoms. The lowest BCUT2D eigenvalue weighted by Gasteiger charge is -2.36. The van der Waals surface area contributed by atoms with Crippen LogP contribution in [-0.2, 0) is 11.2 Å². The highest BCUT2D eigenvalue weighted by atomic mass is 16.2. The number of likely N-dealkylation sites (tertiary alicyclic amines) is 1. The number of piperidine rings is 1. The molecule has 3 heteroatoms. The van der Waals surface area contributed by atoms with Crippen LogP contribution in [0.25, 0.3) is 0 Å². The fourth-order valence-corrected chi connectivity index (χ4v) is 3.99. The predicted octanol–water partition coefficient (Wildman–Crippen LogP) is 2.94. The number of fused-ring (bicyclic) bond motifs is 1. The van der Waals surface area contributed by atoms with E-state index in [0.29, 0.717) is 18.4 Å². The number of anilines is 1. The molecule has 3 rings (SSSR count). The van der Waals surface area contributed by atoms with E-state index in [1.165, 1.54) is 12.0 Å². The monoisotopic (exact) mass is 286 g/mol. The molecule has 0 radical (unpaired) electrons. The highest BCUT2D eigenvalue weighted by Crippen LogP contribution is 2.27. The summed E-state index contributed by atoms with van der Waals surface area (Å²) in [6.45, 7) is 8.15. The van der Waals surface area contributed by atoms with Crippen LogP contribution in [-0.4, -0.2) is 37.0 Å². The van der Waals surface area contributed by atoms with E-state index >= 15 is 0 Å². The van der Waals surface area contributed by atoms with E-state index in [2.05, 4.69) is 36.9 Å². The van der Waals surface area contributed by atoms with Crippen LogP contribution in [0.4, 0.5) is 5.69 Å². The molecule has 0 spiro atoms. The van der Waals surface area contributed by atoms with Crippen molar-refractivity contribution in [2.24, 2.45) is 11.8 Å². The first-order chi connectivity index (χ1) is 10.1. The van der Waals surface area contributed by atoms with Gasteiger partial charge in [-0.3, -0.25) is 9.69 Å². The van der Waals surface area contributed by atoms with Crippen molar-refractivity contribution in [2.75, 3.05) is 31.1 Å². The number of nitrogens with zero attached hydrogens (tertiary/aromatic N) is 2. The first-order valence-corrected chi connectivity index (χ1v) is 8.24. The minimum absolute atomic E-state index is 0.267. The molecule has 0 aliphatic carbocycles. The Morgan fingerprint density at radius 3 is 2.67 bits per heavy atom. The van der Waals surface area contributed by atoms with Gasteiger partial charge in [0.2, 0.25) is 5.91 Å². The number of hydrogen-bond donors (Lipinski definition) is 0. The Balaban J connectivity index is 1.69. The van der Waals surface area contributed by atoms with Gasteiger partial charge in [0.05, 0.1) is 6.54 Å². The first kappa shape index (κ1) is 14.6. The van der Waals surface area contributed by atoms with Crippen LogP contribution >= 0.6 is 0 Å². The largest absolute Gasteiger partial charge is 0.311 e. The topological polar surface area (TPSA) is 23.6 Å². The van der Waals surface area contributed by atoms with E-state index in [4.69, 9.17) is 0 Å². The standard InChI is InChI=1S/C18H26N2O/c1-14-10-15(2)12-19(11-14)13-18(21)20-9-5-7-16-6-3-4-8-17(16)20/h3-4,6,8,14-15H,5,7,9-13H2,1-2H3. The zero-order valence-electron chi connectivity index (χ0n) is 13.2. The van der Waals surface area contributed by atoms with Crippen LogP contribution in [0.5, 0.6) is 0 Å². The summed E-state index contributed by atoms with van der Waals surface area (Å²) in [4.78, 5) is 17.1. The van der Waals surface area contributed by atoms with E-state index < -0.39 is 0 Å². The van der Waals surface area contributed by atoms with E-state index in [1.54, 1.807) is 0 Å². The van der Waals surface area contributed by atoms with Gasteiger partial charge in [0.1, 0.15) is 0 Å². The summed E-state index contributed by atoms with van der Waals surface area (Å²) >= 11 is 0. The Bertz CT molecular complexity index is 504. The lowest BCUT2D eigenvalue weighted by molar-refractivity contribution is -0.120. The molecule has 114 valence electrons. The maximum atomic E-state index is 12.7. The Kier molecular flexibility index (Phi) is 4.29. The molecule has 1 aromatic rings. The molecule has 2 atom stereocenters. The van der Waals surface area contributed by atoms with Gasteiger partial charge in [-0.15, -0.1) is 0 Å². The summed E-state index contributed by atoms with van der Waals surface area (Å²) in [5.41, 5.74) is 2.45. The Morgan fingerprint density at radius 2 is 1.90 bits per heavy atom. The Hall–Kier alpha value is -1.35. The quantitative estimate of drug-likeness (QED) is 0.834. The SMILES string of the molecule is CC1CC(C)CN(CC(=O)N2CCCc3ccccc32)C1. The van der Waals surface area contributed by atoms with Crippen molar-refractivity contribution in [1.82, 2.24) is 4.90 Å². The van der Waals surface area contributed by atoms with Gasteiger partial charge in [-0.2, -0.15) is 0 Å². The highest BCUT2D eigenvalue weighted by Gasteiger charge is 2.27. The van der Waals surface area contributed by atoms with Crippen LogP contribution in [0.2, 0.25) is 0 Å². The van der Waals surface area contributed by atoms with Crippen molar-refractivity contribution < 1.29 is 4.79 Å². The van der Waals surface area contributed by atoms with Gasteiger partial charge in [-0.1, -0.05) is 32.0 Å². The average Bonchev–Trinajstić information content (AvgIpc) is 2.45. The summed E-state index contributed by atoms with van der Waals surface area (Å²) < 4.78 is 0. The molecule has 2 aliphatic rings. The number of amides is 1. The zero-order valence-corrected chi connectivity index (χ0v) is 13.2. The third-order valence-corrected chi connectivity index (χ3v) is 4.71. The molecule has 2 heterocycles. The minimum Gasteiger partial charge on any atom is -0.311 e. The number of carbonyl (C=O) groups is 1. The van der Waals surface area contributed by atoms with Crippen LogP contribution in [0, 0.1) is 11.8 Å². The smallest absolute Gasteiger partial charge is 0.241 e. The molecule has 2 aliphatic heterocycles. The number of hydrogen-bond acceptors (Lipinski definition) is 2. The summed E-state index contributed by atoms with van der Waals surface area (Å²) in [5.74, 6) is 1.67. The highest BCUT2D eigenvalue weighted by molar-refractivity contribution is 5.95. The van der Waals surface area contributed by atoms with E-state index in [-0.39, 0.29) is 5.91 Å². The second-order valence-electron chi connectivity index (χ2n) is 6.92. The molecular formula is C18H26N2O. The van der Waals surface area contributed by atoms with Crippen LogP contribution < -0.4 is 4.90 Å². The second kappa shape index (κ2) is 6.18. The fourth-order valence-electron chi connectivity index (χ4n) is 3.99.